The van der Waals surface area contributed by atoms with Gasteiger partial charge in [-0.05, 0) is 32.4 Å². The van der Waals surface area contributed by atoms with E-state index >= 15 is 0 Å². The minimum atomic E-state index is -3.36. The Morgan fingerprint density at radius 2 is 1.81 bits per heavy atom. The van der Waals surface area contributed by atoms with Crippen molar-refractivity contribution >= 4 is 39.4 Å². The van der Waals surface area contributed by atoms with Crippen LogP contribution in [0.2, 0.25) is 18.2 Å². The fourth-order valence-corrected chi connectivity index (χ4v) is 5.80. The van der Waals surface area contributed by atoms with E-state index in [0.29, 0.717) is 11.2 Å². The smallest absolute Gasteiger partial charge is 0.356 e. The lowest BCUT2D eigenvalue weighted by Crippen LogP contribution is -2.49. The van der Waals surface area contributed by atoms with E-state index < -0.39 is 22.7 Å². The lowest BCUT2D eigenvalue weighted by atomic mass is 9.86. The molecule has 0 fully saturated rings. The molecule has 0 radical (unpaired) electrons. The molecule has 0 saturated heterocycles. The van der Waals surface area contributed by atoms with Gasteiger partial charge in [-0.2, -0.15) is 4.73 Å². The van der Waals surface area contributed by atoms with Crippen LogP contribution in [0.5, 0.6) is 0 Å². The molecule has 182 valence electrons. The summed E-state index contributed by atoms with van der Waals surface area (Å²) in [5.74, 6) is 0. The average Bonchev–Trinajstić information content (AvgIpc) is 3.09. The molecule has 0 saturated carbocycles. The van der Waals surface area contributed by atoms with Crippen molar-refractivity contribution in [1.29, 1.82) is 0 Å². The van der Waals surface area contributed by atoms with Crippen molar-refractivity contribution in [2.75, 3.05) is 26.2 Å². The summed E-state index contributed by atoms with van der Waals surface area (Å²) >= 11 is 6.12. The van der Waals surface area contributed by atoms with E-state index in [1.165, 1.54) is 17.4 Å². The number of nitrogens with zero attached hydrogens (tertiary/aromatic N) is 4. The summed E-state index contributed by atoms with van der Waals surface area (Å²) in [6, 6.07) is 0. The van der Waals surface area contributed by atoms with Crippen molar-refractivity contribution < 1.29 is 27.6 Å². The van der Waals surface area contributed by atoms with Crippen LogP contribution in [-0.4, -0.2) is 67.1 Å². The van der Waals surface area contributed by atoms with Crippen LogP contribution in [0, 0.1) is 5.41 Å². The second kappa shape index (κ2) is 11.9. The first-order valence-corrected chi connectivity index (χ1v) is 15.5. The van der Waals surface area contributed by atoms with Crippen LogP contribution in [0.15, 0.2) is 12.7 Å². The summed E-state index contributed by atoms with van der Waals surface area (Å²) in [5, 5.41) is 0.234. The minimum absolute atomic E-state index is 0.0890. The molecule has 13 heteroatoms. The van der Waals surface area contributed by atoms with Gasteiger partial charge in [-0.25, -0.2) is 15.0 Å². The monoisotopic (exact) mass is 508 g/mol. The number of halogens is 1. The molecule has 0 spiro atoms. The Bertz CT molecular complexity index is 900. The van der Waals surface area contributed by atoms with Gasteiger partial charge in [-0.3, -0.25) is 4.57 Å². The Labute approximate surface area is 196 Å². The van der Waals surface area contributed by atoms with Crippen LogP contribution in [0.25, 0.3) is 11.2 Å². The van der Waals surface area contributed by atoms with Gasteiger partial charge in [0.2, 0.25) is 5.65 Å². The molecule has 0 N–H and O–H groups in total. The second-order valence-electron chi connectivity index (χ2n) is 8.47. The van der Waals surface area contributed by atoms with Gasteiger partial charge >= 0.3 is 7.60 Å². The first-order chi connectivity index (χ1) is 15.0. The molecule has 2 heterocycles. The maximum absolute atomic E-state index is 12.8. The van der Waals surface area contributed by atoms with E-state index in [1.807, 2.05) is 0 Å². The number of hydrogen-bond donors (Lipinski definition) is 0. The van der Waals surface area contributed by atoms with Crippen molar-refractivity contribution in [3.8, 4) is 0 Å². The highest BCUT2D eigenvalue weighted by molar-refractivity contribution is 7.53. The summed E-state index contributed by atoms with van der Waals surface area (Å²) < 4.78 is 37.0. The molecule has 2 unspecified atom stereocenters. The number of hydrogen-bond acceptors (Lipinski definition) is 9. The van der Waals surface area contributed by atoms with Crippen molar-refractivity contribution in [3.63, 3.8) is 0 Å². The Balaban J connectivity index is 2.29. The number of ether oxygens (including phenoxy) is 1. The van der Waals surface area contributed by atoms with Crippen molar-refractivity contribution in [2.45, 2.75) is 59.9 Å². The molecule has 0 aliphatic heterocycles. The summed E-state index contributed by atoms with van der Waals surface area (Å²) in [6.45, 7) is 14.5. The van der Waals surface area contributed by atoms with E-state index in [2.05, 4.69) is 48.8 Å². The van der Waals surface area contributed by atoms with Gasteiger partial charge in [-0.1, -0.05) is 32.4 Å². The number of rotatable bonds is 13. The third-order valence-corrected chi connectivity index (χ3v) is 7.22. The van der Waals surface area contributed by atoms with Gasteiger partial charge in [0.15, 0.2) is 20.3 Å². The maximum atomic E-state index is 12.8. The molecule has 0 bridgehead atoms. The Kier molecular flexibility index (Phi) is 10.1. The Morgan fingerprint density at radius 1 is 1.16 bits per heavy atom. The van der Waals surface area contributed by atoms with Crippen molar-refractivity contribution in [3.05, 3.63) is 17.8 Å². The fraction of sp³-hybridized carbons (Fsp3) is 0.737. The predicted octanol–water partition coefficient (Wildman–Crippen LogP) is 3.93. The summed E-state index contributed by atoms with van der Waals surface area (Å²) in [6.07, 6.45) is 1.76. The van der Waals surface area contributed by atoms with Crippen molar-refractivity contribution in [1.82, 2.24) is 19.7 Å². The number of fused-ring (bicyclic) bond motifs is 1. The quantitative estimate of drug-likeness (QED) is 0.226. The molecule has 2 rings (SSSR count). The van der Waals surface area contributed by atoms with Gasteiger partial charge in [-0.15, -0.1) is 0 Å². The zero-order valence-corrected chi connectivity index (χ0v) is 22.6. The van der Waals surface area contributed by atoms with Crippen LogP contribution in [-0.2, 0) is 22.8 Å². The van der Waals surface area contributed by atoms with E-state index in [0.717, 1.165) is 0 Å². The van der Waals surface area contributed by atoms with Crippen molar-refractivity contribution in [2.24, 2.45) is 5.41 Å². The van der Waals surface area contributed by atoms with Crippen LogP contribution >= 0.6 is 19.2 Å². The van der Waals surface area contributed by atoms with Crippen LogP contribution in [0.1, 0.15) is 34.6 Å². The highest BCUT2D eigenvalue weighted by Crippen LogP contribution is 2.47. The van der Waals surface area contributed by atoms with Gasteiger partial charge < -0.3 is 23.0 Å². The molecule has 2 aromatic heterocycles. The van der Waals surface area contributed by atoms with E-state index in [-0.39, 0.29) is 42.8 Å². The molecule has 0 aliphatic rings. The number of imidazole rings is 1. The highest BCUT2D eigenvalue weighted by Gasteiger charge is 2.37. The summed E-state index contributed by atoms with van der Waals surface area (Å²) in [5.41, 5.74) is 0.592. The SMILES string of the molecule is CCOP(=O)(COCC(On1cnc2c(Cl)ncnc21)C(O[SiH](C)C)C(C)(C)C)OCC. The first kappa shape index (κ1) is 27.2. The van der Waals surface area contributed by atoms with Crippen LogP contribution in [0.3, 0.4) is 0 Å². The molecule has 2 atom stereocenters. The minimum Gasteiger partial charge on any atom is -0.413 e. The van der Waals surface area contributed by atoms with E-state index in [4.69, 9.17) is 34.6 Å². The second-order valence-corrected chi connectivity index (χ2v) is 13.2. The normalized spacial score (nSPS) is 14.8. The molecule has 32 heavy (non-hydrogen) atoms. The molecule has 0 amide bonds. The number of aromatic nitrogens is 4. The van der Waals surface area contributed by atoms with Gasteiger partial charge in [0, 0.05) is 0 Å². The predicted molar refractivity (Wildman–Crippen MR) is 126 cm³/mol. The zero-order valence-electron chi connectivity index (χ0n) is 19.8. The largest absolute Gasteiger partial charge is 0.413 e. The molecule has 2 aromatic rings. The van der Waals surface area contributed by atoms with Gasteiger partial charge in [0.25, 0.3) is 0 Å². The third kappa shape index (κ3) is 7.48. The highest BCUT2D eigenvalue weighted by atomic mass is 35.5. The van der Waals surface area contributed by atoms with Crippen LogP contribution < -0.4 is 4.84 Å². The molecule has 0 aliphatic carbocycles. The van der Waals surface area contributed by atoms with E-state index in [1.54, 1.807) is 13.8 Å². The summed E-state index contributed by atoms with van der Waals surface area (Å²) in [7, 11) is -4.79. The lowest BCUT2D eigenvalue weighted by molar-refractivity contribution is -0.101. The van der Waals surface area contributed by atoms with Crippen LogP contribution in [0.4, 0.5) is 0 Å². The van der Waals surface area contributed by atoms with E-state index in [9.17, 15) is 4.57 Å². The zero-order chi connectivity index (χ0) is 23.9. The summed E-state index contributed by atoms with van der Waals surface area (Å²) in [4.78, 5) is 18.7. The molecular weight excluding hydrogens is 475 g/mol. The lowest BCUT2D eigenvalue weighted by Gasteiger charge is -2.37. The third-order valence-electron chi connectivity index (χ3n) is 4.30. The average molecular weight is 509 g/mol. The Hall–Kier alpha value is -1.07. The van der Waals surface area contributed by atoms with Gasteiger partial charge in [0.05, 0.1) is 25.9 Å². The van der Waals surface area contributed by atoms with Gasteiger partial charge in [0.1, 0.15) is 24.5 Å². The topological polar surface area (TPSA) is 107 Å². The Morgan fingerprint density at radius 3 is 2.38 bits per heavy atom. The first-order valence-electron chi connectivity index (χ1n) is 10.6. The fourth-order valence-electron chi connectivity index (χ4n) is 3.11. The molecular formula is C19H34ClN4O6PSi. The molecule has 0 aromatic carbocycles. The standard InChI is InChI=1S/C19H34ClN4O6PSi/c1-8-27-31(25,28-9-2)13-26-10-14(16(19(3,4)5)30-32(6)7)29-24-12-23-15-17(20)21-11-22-18(15)24/h11-12,14,16,32H,8-10,13H2,1-7H3. The maximum Gasteiger partial charge on any atom is 0.356 e. The molecule has 10 nitrogen and oxygen atoms in total.